The van der Waals surface area contributed by atoms with Crippen molar-refractivity contribution in [2.75, 3.05) is 6.79 Å². The number of rotatable bonds is 2. The normalized spacial score (nSPS) is 18.8. The van der Waals surface area contributed by atoms with Crippen molar-refractivity contribution in [2.24, 2.45) is 5.73 Å². The van der Waals surface area contributed by atoms with Crippen LogP contribution in [0, 0.1) is 11.3 Å². The molecule has 1 unspecified atom stereocenters. The van der Waals surface area contributed by atoms with E-state index in [1.807, 2.05) is 18.2 Å². The van der Waals surface area contributed by atoms with Gasteiger partial charge in [-0.1, -0.05) is 0 Å². The number of ether oxygens (including phenoxy) is 2. The van der Waals surface area contributed by atoms with Gasteiger partial charge in [0.25, 0.3) is 0 Å². The maximum absolute atomic E-state index is 9.02. The molecule has 6 nitrogen and oxygen atoms in total. The largest absolute Gasteiger partial charge is 0.454 e. The zero-order valence-electron chi connectivity index (χ0n) is 12.1. The van der Waals surface area contributed by atoms with E-state index in [9.17, 15) is 0 Å². The zero-order valence-corrected chi connectivity index (χ0v) is 12.1. The first-order valence-electron chi connectivity index (χ1n) is 7.40. The minimum absolute atomic E-state index is 0.0309. The zero-order chi connectivity index (χ0) is 15.1. The summed E-state index contributed by atoms with van der Waals surface area (Å²) in [6.45, 7) is 0.499. The van der Waals surface area contributed by atoms with Gasteiger partial charge in [0.1, 0.15) is 6.54 Å². The molecule has 0 spiro atoms. The molecule has 22 heavy (non-hydrogen) atoms. The van der Waals surface area contributed by atoms with E-state index in [4.69, 9.17) is 20.5 Å². The Balaban J connectivity index is 1.86. The summed E-state index contributed by atoms with van der Waals surface area (Å²) in [7, 11) is 0. The minimum Gasteiger partial charge on any atom is -0.454 e. The second kappa shape index (κ2) is 5.04. The third kappa shape index (κ3) is 1.94. The highest BCUT2D eigenvalue weighted by atomic mass is 16.7. The molecule has 2 heterocycles. The van der Waals surface area contributed by atoms with Gasteiger partial charge in [-0.3, -0.25) is 4.68 Å². The summed E-state index contributed by atoms with van der Waals surface area (Å²) in [5.41, 5.74) is 10.3. The number of fused-ring (bicyclic) bond motifs is 2. The molecule has 1 aromatic heterocycles. The van der Waals surface area contributed by atoms with Crippen LogP contribution in [0.4, 0.5) is 0 Å². The van der Waals surface area contributed by atoms with Gasteiger partial charge in [-0.2, -0.15) is 10.4 Å². The van der Waals surface area contributed by atoms with Crippen LogP contribution in [-0.2, 0) is 13.0 Å². The smallest absolute Gasteiger partial charge is 0.231 e. The van der Waals surface area contributed by atoms with E-state index < -0.39 is 0 Å². The molecule has 2 aromatic rings. The fraction of sp³-hybridized carbons (Fsp3) is 0.375. The number of aromatic nitrogens is 2. The van der Waals surface area contributed by atoms with Crippen molar-refractivity contribution in [2.45, 2.75) is 31.8 Å². The van der Waals surface area contributed by atoms with E-state index >= 15 is 0 Å². The standard InChI is InChI=1S/C16H16N4O2/c17-6-7-20-12-3-1-2-11(18)15(12)16(19-20)10-4-5-13-14(8-10)22-9-21-13/h4-5,8,11H,1-3,7,9,18H2. The number of nitrogens with zero attached hydrogens (tertiary/aromatic N) is 3. The van der Waals surface area contributed by atoms with E-state index in [0.717, 1.165) is 53.3 Å². The number of hydrogen-bond acceptors (Lipinski definition) is 5. The summed E-state index contributed by atoms with van der Waals surface area (Å²) in [4.78, 5) is 0. The average molecular weight is 296 g/mol. The Morgan fingerprint density at radius 1 is 1.36 bits per heavy atom. The highest BCUT2D eigenvalue weighted by molar-refractivity contribution is 5.69. The molecule has 2 N–H and O–H groups in total. The Morgan fingerprint density at radius 3 is 3.09 bits per heavy atom. The minimum atomic E-state index is -0.0309. The lowest BCUT2D eigenvalue weighted by Gasteiger charge is -2.20. The molecule has 1 aliphatic carbocycles. The van der Waals surface area contributed by atoms with Crippen molar-refractivity contribution >= 4 is 0 Å². The van der Waals surface area contributed by atoms with Crippen molar-refractivity contribution in [3.05, 3.63) is 29.5 Å². The lowest BCUT2D eigenvalue weighted by atomic mass is 9.89. The van der Waals surface area contributed by atoms with Gasteiger partial charge in [0, 0.05) is 22.9 Å². The summed E-state index contributed by atoms with van der Waals surface area (Å²) in [6, 6.07) is 7.93. The molecule has 1 aromatic carbocycles. The number of nitrogens with two attached hydrogens (primary N) is 1. The highest BCUT2D eigenvalue weighted by Crippen LogP contribution is 2.40. The highest BCUT2D eigenvalue weighted by Gasteiger charge is 2.27. The van der Waals surface area contributed by atoms with Gasteiger partial charge < -0.3 is 15.2 Å². The van der Waals surface area contributed by atoms with Crippen molar-refractivity contribution in [3.8, 4) is 28.8 Å². The molecule has 0 amide bonds. The molecule has 4 rings (SSSR count). The van der Waals surface area contributed by atoms with Gasteiger partial charge in [0.05, 0.1) is 11.8 Å². The summed E-state index contributed by atoms with van der Waals surface area (Å²) < 4.78 is 12.6. The summed E-state index contributed by atoms with van der Waals surface area (Å²) in [5, 5.41) is 13.7. The van der Waals surface area contributed by atoms with Crippen molar-refractivity contribution in [1.29, 1.82) is 5.26 Å². The van der Waals surface area contributed by atoms with Crippen LogP contribution in [0.5, 0.6) is 11.5 Å². The van der Waals surface area contributed by atoms with Crippen LogP contribution in [0.1, 0.15) is 30.1 Å². The Kier molecular flexibility index (Phi) is 3.01. The van der Waals surface area contributed by atoms with Gasteiger partial charge >= 0.3 is 0 Å². The maximum atomic E-state index is 9.02. The predicted molar refractivity (Wildman–Crippen MR) is 79.3 cm³/mol. The predicted octanol–water partition coefficient (Wildman–Crippen LogP) is 2.14. The molecule has 0 saturated carbocycles. The Labute approximate surface area is 128 Å². The second-order valence-electron chi connectivity index (χ2n) is 5.59. The lowest BCUT2D eigenvalue weighted by Crippen LogP contribution is -2.18. The first kappa shape index (κ1) is 13.2. The molecule has 0 radical (unpaired) electrons. The van der Waals surface area contributed by atoms with E-state index in [-0.39, 0.29) is 19.4 Å². The topological polar surface area (TPSA) is 86.1 Å². The second-order valence-corrected chi connectivity index (χ2v) is 5.59. The third-order valence-electron chi connectivity index (χ3n) is 4.26. The van der Waals surface area contributed by atoms with Crippen LogP contribution < -0.4 is 15.2 Å². The molecule has 2 aliphatic rings. The Bertz CT molecular complexity index is 775. The SMILES string of the molecule is N#CCn1nc(-c2ccc3c(c2)OCO3)c2c1CCCC2N. The van der Waals surface area contributed by atoms with Gasteiger partial charge in [-0.25, -0.2) is 0 Å². The van der Waals surface area contributed by atoms with E-state index in [2.05, 4.69) is 11.2 Å². The van der Waals surface area contributed by atoms with E-state index in [0.29, 0.717) is 0 Å². The molecule has 1 atom stereocenters. The monoisotopic (exact) mass is 296 g/mol. The summed E-state index contributed by atoms with van der Waals surface area (Å²) in [6.07, 6.45) is 2.90. The van der Waals surface area contributed by atoms with Gasteiger partial charge in [0.2, 0.25) is 6.79 Å². The van der Waals surface area contributed by atoms with Crippen LogP contribution >= 0.6 is 0 Å². The molecule has 6 heteroatoms. The van der Waals surface area contributed by atoms with Crippen molar-refractivity contribution in [3.63, 3.8) is 0 Å². The fourth-order valence-electron chi connectivity index (χ4n) is 3.25. The van der Waals surface area contributed by atoms with Gasteiger partial charge in [0.15, 0.2) is 11.5 Å². The van der Waals surface area contributed by atoms with Crippen LogP contribution in [-0.4, -0.2) is 16.6 Å². The lowest BCUT2D eigenvalue weighted by molar-refractivity contribution is 0.174. The van der Waals surface area contributed by atoms with Crippen LogP contribution in [0.2, 0.25) is 0 Å². The maximum Gasteiger partial charge on any atom is 0.231 e. The van der Waals surface area contributed by atoms with Crippen LogP contribution in [0.25, 0.3) is 11.3 Å². The first-order chi connectivity index (χ1) is 10.8. The van der Waals surface area contributed by atoms with Gasteiger partial charge in [-0.05, 0) is 37.5 Å². The Hall–Kier alpha value is -2.52. The molecule has 0 fully saturated rings. The van der Waals surface area contributed by atoms with Gasteiger partial charge in [-0.15, -0.1) is 0 Å². The molecule has 112 valence electrons. The molecule has 0 saturated heterocycles. The number of benzene rings is 1. The van der Waals surface area contributed by atoms with E-state index in [1.54, 1.807) is 4.68 Å². The average Bonchev–Trinajstić information content (AvgIpc) is 3.12. The molecule has 0 bridgehead atoms. The number of hydrogen-bond donors (Lipinski definition) is 1. The Morgan fingerprint density at radius 2 is 2.23 bits per heavy atom. The van der Waals surface area contributed by atoms with E-state index in [1.165, 1.54) is 0 Å². The summed E-state index contributed by atoms with van der Waals surface area (Å²) in [5.74, 6) is 1.48. The first-order valence-corrected chi connectivity index (χ1v) is 7.40. The summed E-state index contributed by atoms with van der Waals surface area (Å²) >= 11 is 0. The number of nitriles is 1. The fourth-order valence-corrected chi connectivity index (χ4v) is 3.25. The van der Waals surface area contributed by atoms with Crippen LogP contribution in [0.15, 0.2) is 18.2 Å². The van der Waals surface area contributed by atoms with Crippen molar-refractivity contribution < 1.29 is 9.47 Å². The van der Waals surface area contributed by atoms with Crippen molar-refractivity contribution in [1.82, 2.24) is 9.78 Å². The molecule has 1 aliphatic heterocycles. The molecular weight excluding hydrogens is 280 g/mol. The quantitative estimate of drug-likeness (QED) is 0.917. The molecular formula is C16H16N4O2. The third-order valence-corrected chi connectivity index (χ3v) is 4.26. The van der Waals surface area contributed by atoms with Crippen LogP contribution in [0.3, 0.4) is 0 Å².